The second-order valence-electron chi connectivity index (χ2n) is 5.14. The summed E-state index contributed by atoms with van der Waals surface area (Å²) in [4.78, 5) is 12.1. The summed E-state index contributed by atoms with van der Waals surface area (Å²) in [5.41, 5.74) is 8.30. The fraction of sp³-hybridized carbons (Fsp3) is 0.500. The first-order valence-electron chi connectivity index (χ1n) is 6.35. The number of carbonyl (C=O) groups excluding carboxylic acids is 1. The SMILES string of the molecule is Cc1cc(NC(=O)C2CCCC2N)c(C)cc1O. The number of benzene rings is 1. The smallest absolute Gasteiger partial charge is 0.229 e. The van der Waals surface area contributed by atoms with Gasteiger partial charge in [-0.1, -0.05) is 6.42 Å². The van der Waals surface area contributed by atoms with Gasteiger partial charge in [-0.3, -0.25) is 4.79 Å². The number of hydrogen-bond donors (Lipinski definition) is 3. The lowest BCUT2D eigenvalue weighted by molar-refractivity contribution is -0.120. The first-order chi connectivity index (χ1) is 8.49. The van der Waals surface area contributed by atoms with Crippen LogP contribution in [0.2, 0.25) is 0 Å². The van der Waals surface area contributed by atoms with Crippen molar-refractivity contribution in [2.24, 2.45) is 11.7 Å². The Bertz CT molecular complexity index is 471. The molecule has 2 atom stereocenters. The normalized spacial score (nSPS) is 23.1. The molecule has 0 spiro atoms. The van der Waals surface area contributed by atoms with Gasteiger partial charge in [0.2, 0.25) is 5.91 Å². The maximum atomic E-state index is 12.1. The predicted octanol–water partition coefficient (Wildman–Crippen LogP) is 2.07. The Morgan fingerprint density at radius 1 is 1.33 bits per heavy atom. The third-order valence-corrected chi connectivity index (χ3v) is 3.71. The molecule has 4 N–H and O–H groups in total. The van der Waals surface area contributed by atoms with Crippen LogP contribution in [0.5, 0.6) is 5.75 Å². The molecule has 2 unspecified atom stereocenters. The Hall–Kier alpha value is -1.55. The highest BCUT2D eigenvalue weighted by Gasteiger charge is 2.30. The summed E-state index contributed by atoms with van der Waals surface area (Å²) in [7, 11) is 0. The van der Waals surface area contributed by atoms with E-state index in [4.69, 9.17) is 5.73 Å². The Morgan fingerprint density at radius 2 is 2.06 bits per heavy atom. The molecule has 98 valence electrons. The molecular weight excluding hydrogens is 228 g/mol. The Kier molecular flexibility index (Phi) is 3.57. The van der Waals surface area contributed by atoms with Crippen LogP contribution in [0.4, 0.5) is 5.69 Å². The third kappa shape index (κ3) is 2.48. The number of carbonyl (C=O) groups is 1. The van der Waals surface area contributed by atoms with E-state index in [-0.39, 0.29) is 23.6 Å². The van der Waals surface area contributed by atoms with Gasteiger partial charge in [0.25, 0.3) is 0 Å². The summed E-state index contributed by atoms with van der Waals surface area (Å²) in [6, 6.07) is 3.44. The molecule has 4 nitrogen and oxygen atoms in total. The molecule has 0 aromatic heterocycles. The lowest BCUT2D eigenvalue weighted by Gasteiger charge is -2.17. The lowest BCUT2D eigenvalue weighted by Crippen LogP contribution is -2.34. The molecule has 0 saturated heterocycles. The zero-order valence-corrected chi connectivity index (χ0v) is 10.9. The zero-order valence-electron chi connectivity index (χ0n) is 10.9. The second kappa shape index (κ2) is 4.98. The average molecular weight is 248 g/mol. The minimum atomic E-state index is -0.0847. The topological polar surface area (TPSA) is 75.4 Å². The van der Waals surface area contributed by atoms with Crippen molar-refractivity contribution in [1.82, 2.24) is 0 Å². The van der Waals surface area contributed by atoms with E-state index in [1.165, 1.54) is 0 Å². The van der Waals surface area contributed by atoms with Crippen LogP contribution in [0, 0.1) is 19.8 Å². The van der Waals surface area contributed by atoms with Gasteiger partial charge >= 0.3 is 0 Å². The van der Waals surface area contributed by atoms with Crippen molar-refractivity contribution in [3.05, 3.63) is 23.3 Å². The number of nitrogens with two attached hydrogens (primary N) is 1. The molecule has 4 heteroatoms. The van der Waals surface area contributed by atoms with Gasteiger partial charge in [-0.05, 0) is 49.9 Å². The fourth-order valence-electron chi connectivity index (χ4n) is 2.48. The highest BCUT2D eigenvalue weighted by Crippen LogP contribution is 2.28. The van der Waals surface area contributed by atoms with E-state index in [0.717, 1.165) is 36.1 Å². The van der Waals surface area contributed by atoms with Gasteiger partial charge in [-0.25, -0.2) is 0 Å². The van der Waals surface area contributed by atoms with Gasteiger partial charge in [0, 0.05) is 11.7 Å². The summed E-state index contributed by atoms with van der Waals surface area (Å²) in [5, 5.41) is 12.5. The maximum Gasteiger partial charge on any atom is 0.229 e. The van der Waals surface area contributed by atoms with Crippen LogP contribution < -0.4 is 11.1 Å². The van der Waals surface area contributed by atoms with E-state index in [1.807, 2.05) is 13.8 Å². The second-order valence-corrected chi connectivity index (χ2v) is 5.14. The number of phenols is 1. The molecule has 18 heavy (non-hydrogen) atoms. The summed E-state index contributed by atoms with van der Waals surface area (Å²) in [5.74, 6) is 0.162. The quantitative estimate of drug-likeness (QED) is 0.701. The standard InChI is InChI=1S/C14H20N2O2/c1-8-7-13(17)9(2)6-12(8)16-14(18)10-4-3-5-11(10)15/h6-7,10-11,17H,3-5,15H2,1-2H3,(H,16,18). The number of aromatic hydroxyl groups is 1. The number of hydrogen-bond acceptors (Lipinski definition) is 3. The first-order valence-corrected chi connectivity index (χ1v) is 6.35. The van der Waals surface area contributed by atoms with E-state index in [2.05, 4.69) is 5.32 Å². The predicted molar refractivity (Wildman–Crippen MR) is 71.5 cm³/mol. The lowest BCUT2D eigenvalue weighted by atomic mass is 10.0. The van der Waals surface area contributed by atoms with Crippen LogP contribution in [0.3, 0.4) is 0 Å². The highest BCUT2D eigenvalue weighted by atomic mass is 16.3. The molecule has 1 amide bonds. The molecule has 1 aromatic rings. The first kappa shape index (κ1) is 12.9. The van der Waals surface area contributed by atoms with Gasteiger partial charge < -0.3 is 16.2 Å². The maximum absolute atomic E-state index is 12.1. The third-order valence-electron chi connectivity index (χ3n) is 3.71. The van der Waals surface area contributed by atoms with E-state index in [1.54, 1.807) is 12.1 Å². The van der Waals surface area contributed by atoms with Crippen LogP contribution in [0.25, 0.3) is 0 Å². The van der Waals surface area contributed by atoms with Crippen LogP contribution in [-0.4, -0.2) is 17.1 Å². The van der Waals surface area contributed by atoms with Crippen molar-refractivity contribution in [2.75, 3.05) is 5.32 Å². The zero-order chi connectivity index (χ0) is 13.3. The summed E-state index contributed by atoms with van der Waals surface area (Å²) < 4.78 is 0. The van der Waals surface area contributed by atoms with Crippen LogP contribution in [-0.2, 0) is 4.79 Å². The molecule has 1 aliphatic rings. The molecule has 2 rings (SSSR count). The molecule has 1 aliphatic carbocycles. The van der Waals surface area contributed by atoms with E-state index in [9.17, 15) is 9.90 Å². The molecular formula is C14H20N2O2. The monoisotopic (exact) mass is 248 g/mol. The number of phenolic OH excluding ortho intramolecular Hbond substituents is 1. The van der Waals surface area contributed by atoms with Crippen LogP contribution >= 0.6 is 0 Å². The van der Waals surface area contributed by atoms with Crippen LogP contribution in [0.1, 0.15) is 30.4 Å². The molecule has 0 heterocycles. The van der Waals surface area contributed by atoms with Gasteiger partial charge in [-0.2, -0.15) is 0 Å². The molecule has 1 aromatic carbocycles. The van der Waals surface area contributed by atoms with Crippen molar-refractivity contribution >= 4 is 11.6 Å². The van der Waals surface area contributed by atoms with Crippen molar-refractivity contribution in [3.8, 4) is 5.75 Å². The molecule has 0 aliphatic heterocycles. The number of amides is 1. The molecule has 1 saturated carbocycles. The Balaban J connectivity index is 2.14. The average Bonchev–Trinajstić information content (AvgIpc) is 2.72. The molecule has 1 fully saturated rings. The largest absolute Gasteiger partial charge is 0.508 e. The Morgan fingerprint density at radius 3 is 2.67 bits per heavy atom. The van der Waals surface area contributed by atoms with Crippen molar-refractivity contribution < 1.29 is 9.90 Å². The van der Waals surface area contributed by atoms with E-state index < -0.39 is 0 Å². The van der Waals surface area contributed by atoms with Crippen molar-refractivity contribution in [1.29, 1.82) is 0 Å². The Labute approximate surface area is 107 Å². The molecule has 0 radical (unpaired) electrons. The highest BCUT2D eigenvalue weighted by molar-refractivity contribution is 5.94. The van der Waals surface area contributed by atoms with E-state index >= 15 is 0 Å². The summed E-state index contributed by atoms with van der Waals surface area (Å²) in [6.07, 6.45) is 2.81. The van der Waals surface area contributed by atoms with E-state index in [0.29, 0.717) is 0 Å². The van der Waals surface area contributed by atoms with Gasteiger partial charge in [0.1, 0.15) is 5.75 Å². The van der Waals surface area contributed by atoms with Gasteiger partial charge in [0.05, 0.1) is 5.92 Å². The number of nitrogens with one attached hydrogen (secondary N) is 1. The van der Waals surface area contributed by atoms with Crippen molar-refractivity contribution in [3.63, 3.8) is 0 Å². The minimum Gasteiger partial charge on any atom is -0.508 e. The fourth-order valence-corrected chi connectivity index (χ4v) is 2.48. The number of aryl methyl sites for hydroxylation is 2. The van der Waals surface area contributed by atoms with Gasteiger partial charge in [-0.15, -0.1) is 0 Å². The summed E-state index contributed by atoms with van der Waals surface area (Å²) in [6.45, 7) is 3.68. The molecule has 0 bridgehead atoms. The summed E-state index contributed by atoms with van der Waals surface area (Å²) >= 11 is 0. The van der Waals surface area contributed by atoms with Crippen molar-refractivity contribution in [2.45, 2.75) is 39.2 Å². The number of rotatable bonds is 2. The van der Waals surface area contributed by atoms with Gasteiger partial charge in [0.15, 0.2) is 0 Å². The van der Waals surface area contributed by atoms with Crippen LogP contribution in [0.15, 0.2) is 12.1 Å². The number of anilines is 1. The minimum absolute atomic E-state index is 0.00631.